The lowest BCUT2D eigenvalue weighted by atomic mass is 9.95. The highest BCUT2D eigenvalue weighted by molar-refractivity contribution is 7.18. The van der Waals surface area contributed by atoms with Gasteiger partial charge in [0.1, 0.15) is 4.83 Å². The van der Waals surface area contributed by atoms with E-state index < -0.39 is 0 Å². The topological polar surface area (TPSA) is 81.2 Å². The molecule has 0 spiro atoms. The molecule has 1 aromatic carbocycles. The molecule has 146 valence electrons. The molecule has 0 radical (unpaired) electrons. The summed E-state index contributed by atoms with van der Waals surface area (Å²) in [6.07, 6.45) is 1.82. The molecule has 1 aliphatic heterocycles. The van der Waals surface area contributed by atoms with Crippen LogP contribution in [0.1, 0.15) is 28.3 Å². The first kappa shape index (κ1) is 18.8. The Morgan fingerprint density at radius 1 is 1.25 bits per heavy atom. The summed E-state index contributed by atoms with van der Waals surface area (Å²) in [4.78, 5) is 33.6. The molecule has 7 heteroatoms. The zero-order valence-electron chi connectivity index (χ0n) is 16.1. The minimum Gasteiger partial charge on any atom is -0.340 e. The van der Waals surface area contributed by atoms with E-state index in [0.29, 0.717) is 25.0 Å². The molecule has 0 aliphatic carbocycles. The summed E-state index contributed by atoms with van der Waals surface area (Å²) in [5.41, 5.74) is 8.37. The highest BCUT2D eigenvalue weighted by Crippen LogP contribution is 2.27. The number of carbonyl (C=O) groups excluding carboxylic acids is 1. The molecule has 1 saturated heterocycles. The molecule has 3 aromatic rings. The van der Waals surface area contributed by atoms with Gasteiger partial charge in [-0.3, -0.25) is 14.2 Å². The van der Waals surface area contributed by atoms with Gasteiger partial charge in [-0.25, -0.2) is 4.98 Å². The predicted molar refractivity (Wildman–Crippen MR) is 112 cm³/mol. The summed E-state index contributed by atoms with van der Waals surface area (Å²) in [6.45, 7) is 5.44. The van der Waals surface area contributed by atoms with E-state index in [1.807, 2.05) is 36.9 Å². The van der Waals surface area contributed by atoms with Crippen molar-refractivity contribution in [1.82, 2.24) is 14.5 Å². The summed E-state index contributed by atoms with van der Waals surface area (Å²) >= 11 is 1.53. The lowest BCUT2D eigenvalue weighted by Gasteiger charge is -2.17. The van der Waals surface area contributed by atoms with Crippen molar-refractivity contribution in [2.45, 2.75) is 38.8 Å². The number of nitrogens with zero attached hydrogens (tertiary/aromatic N) is 3. The number of hydrogen-bond acceptors (Lipinski definition) is 5. The molecular weight excluding hydrogens is 372 g/mol. The summed E-state index contributed by atoms with van der Waals surface area (Å²) < 4.78 is 1.55. The maximum Gasteiger partial charge on any atom is 0.262 e. The summed E-state index contributed by atoms with van der Waals surface area (Å²) in [5.74, 6) is 0.182. The zero-order valence-corrected chi connectivity index (χ0v) is 16.9. The van der Waals surface area contributed by atoms with Crippen molar-refractivity contribution < 1.29 is 4.79 Å². The molecule has 3 heterocycles. The molecule has 4 rings (SSSR count). The molecule has 0 saturated carbocycles. The number of amides is 1. The van der Waals surface area contributed by atoms with Crippen molar-refractivity contribution in [2.24, 2.45) is 5.73 Å². The third-order valence-corrected chi connectivity index (χ3v) is 6.78. The molecular formula is C21H24N4O2S. The van der Waals surface area contributed by atoms with E-state index in [1.165, 1.54) is 16.9 Å². The molecule has 2 N–H and O–H groups in total. The van der Waals surface area contributed by atoms with Crippen LogP contribution in [0.4, 0.5) is 0 Å². The molecule has 2 atom stereocenters. The van der Waals surface area contributed by atoms with Gasteiger partial charge in [-0.1, -0.05) is 30.3 Å². The maximum absolute atomic E-state index is 12.8. The van der Waals surface area contributed by atoms with Gasteiger partial charge in [0.05, 0.1) is 11.7 Å². The van der Waals surface area contributed by atoms with E-state index in [2.05, 4.69) is 17.1 Å². The standard InChI is InChI=1S/C21H24N4O2S/c1-13-14(2)28-20-19(13)21(27)24(12-23-20)9-8-18(26)25-10-16(17(22)11-25)15-6-4-3-5-7-15/h3-7,12,16-17H,8-11,22H2,1-2H3/t16-,17+/m0/s1. The number of aromatic nitrogens is 2. The summed E-state index contributed by atoms with van der Waals surface area (Å²) in [7, 11) is 0. The smallest absolute Gasteiger partial charge is 0.262 e. The van der Waals surface area contributed by atoms with E-state index in [-0.39, 0.29) is 29.8 Å². The van der Waals surface area contributed by atoms with E-state index in [0.717, 1.165) is 15.3 Å². The Hall–Kier alpha value is -2.51. The second-order valence-corrected chi connectivity index (χ2v) is 8.64. The third-order valence-electron chi connectivity index (χ3n) is 5.67. The Kier molecular flexibility index (Phi) is 5.03. The Morgan fingerprint density at radius 2 is 2.00 bits per heavy atom. The minimum atomic E-state index is -0.0695. The highest BCUT2D eigenvalue weighted by Gasteiger charge is 2.33. The van der Waals surface area contributed by atoms with Gasteiger partial charge in [0.15, 0.2) is 0 Å². The van der Waals surface area contributed by atoms with Crippen molar-refractivity contribution in [3.05, 3.63) is 63.0 Å². The monoisotopic (exact) mass is 396 g/mol. The van der Waals surface area contributed by atoms with E-state index in [9.17, 15) is 9.59 Å². The summed E-state index contributed by atoms with van der Waals surface area (Å²) in [6, 6.07) is 10.0. The van der Waals surface area contributed by atoms with E-state index >= 15 is 0 Å². The molecule has 6 nitrogen and oxygen atoms in total. The van der Waals surface area contributed by atoms with Crippen LogP contribution in [0, 0.1) is 13.8 Å². The first-order valence-corrected chi connectivity index (χ1v) is 10.3. The van der Waals surface area contributed by atoms with Crippen LogP contribution in [0.25, 0.3) is 10.2 Å². The van der Waals surface area contributed by atoms with Crippen molar-refractivity contribution in [2.75, 3.05) is 13.1 Å². The SMILES string of the molecule is Cc1sc2ncn(CCC(=O)N3C[C@@H](N)[C@H](c4ccccc4)C3)c(=O)c2c1C. The maximum atomic E-state index is 12.8. The Labute approximate surface area is 167 Å². The number of rotatable bonds is 4. The van der Waals surface area contributed by atoms with Crippen LogP contribution < -0.4 is 11.3 Å². The van der Waals surface area contributed by atoms with Crippen LogP contribution >= 0.6 is 11.3 Å². The van der Waals surface area contributed by atoms with Crippen LogP contribution in [0.2, 0.25) is 0 Å². The zero-order chi connectivity index (χ0) is 19.8. The lowest BCUT2D eigenvalue weighted by molar-refractivity contribution is -0.130. The fourth-order valence-electron chi connectivity index (χ4n) is 3.89. The van der Waals surface area contributed by atoms with Crippen LogP contribution in [0.5, 0.6) is 0 Å². The highest BCUT2D eigenvalue weighted by atomic mass is 32.1. The first-order chi connectivity index (χ1) is 13.5. The van der Waals surface area contributed by atoms with Gasteiger partial charge in [0, 0.05) is 42.9 Å². The Balaban J connectivity index is 1.45. The number of aryl methyl sites for hydroxylation is 3. The van der Waals surface area contributed by atoms with Crippen LogP contribution in [-0.2, 0) is 11.3 Å². The van der Waals surface area contributed by atoms with Gasteiger partial charge in [-0.15, -0.1) is 11.3 Å². The predicted octanol–water partition coefficient (Wildman–Crippen LogP) is 2.42. The second-order valence-electron chi connectivity index (χ2n) is 7.44. The second kappa shape index (κ2) is 7.48. The lowest BCUT2D eigenvalue weighted by Crippen LogP contribution is -2.33. The van der Waals surface area contributed by atoms with Crippen molar-refractivity contribution in [3.8, 4) is 0 Å². The fourth-order valence-corrected chi connectivity index (χ4v) is 4.88. The van der Waals surface area contributed by atoms with Gasteiger partial charge in [-0.05, 0) is 25.0 Å². The van der Waals surface area contributed by atoms with Gasteiger partial charge in [0.2, 0.25) is 5.91 Å². The van der Waals surface area contributed by atoms with Gasteiger partial charge in [-0.2, -0.15) is 0 Å². The van der Waals surface area contributed by atoms with Crippen LogP contribution in [-0.4, -0.2) is 39.5 Å². The molecule has 1 amide bonds. The van der Waals surface area contributed by atoms with Crippen molar-refractivity contribution in [3.63, 3.8) is 0 Å². The van der Waals surface area contributed by atoms with Crippen molar-refractivity contribution in [1.29, 1.82) is 0 Å². The average molecular weight is 397 g/mol. The number of fused-ring (bicyclic) bond motifs is 1. The number of thiophene rings is 1. The molecule has 0 bridgehead atoms. The van der Waals surface area contributed by atoms with Crippen LogP contribution in [0.15, 0.2) is 41.5 Å². The molecule has 2 aromatic heterocycles. The van der Waals surface area contributed by atoms with Crippen molar-refractivity contribution >= 4 is 27.5 Å². The number of likely N-dealkylation sites (tertiary alicyclic amines) is 1. The van der Waals surface area contributed by atoms with Gasteiger partial charge in [0.25, 0.3) is 5.56 Å². The molecule has 0 unspecified atom stereocenters. The molecule has 1 aliphatic rings. The Bertz CT molecular complexity index is 1070. The first-order valence-electron chi connectivity index (χ1n) is 9.49. The largest absolute Gasteiger partial charge is 0.340 e. The molecule has 1 fully saturated rings. The normalized spacial score (nSPS) is 19.5. The number of benzene rings is 1. The van der Waals surface area contributed by atoms with Gasteiger partial charge >= 0.3 is 0 Å². The van der Waals surface area contributed by atoms with E-state index in [4.69, 9.17) is 5.73 Å². The minimum absolute atomic E-state index is 0.0269. The Morgan fingerprint density at radius 3 is 2.75 bits per heavy atom. The fraction of sp³-hybridized carbons (Fsp3) is 0.381. The number of hydrogen-bond donors (Lipinski definition) is 1. The van der Waals surface area contributed by atoms with Crippen LogP contribution in [0.3, 0.4) is 0 Å². The third kappa shape index (κ3) is 3.36. The number of carbonyl (C=O) groups is 1. The van der Waals surface area contributed by atoms with E-state index in [1.54, 1.807) is 10.9 Å². The quantitative estimate of drug-likeness (QED) is 0.734. The number of nitrogens with two attached hydrogens (primary N) is 1. The summed E-state index contributed by atoms with van der Waals surface area (Å²) in [5, 5.41) is 0.671. The average Bonchev–Trinajstić information content (AvgIpc) is 3.22. The molecule has 28 heavy (non-hydrogen) atoms. The van der Waals surface area contributed by atoms with Gasteiger partial charge < -0.3 is 10.6 Å².